The van der Waals surface area contributed by atoms with Gasteiger partial charge in [0, 0.05) is 11.6 Å². The lowest BCUT2D eigenvalue weighted by Crippen LogP contribution is -1.73. The van der Waals surface area contributed by atoms with E-state index in [0.29, 0.717) is 5.52 Å². The monoisotopic (exact) mass is 165 g/mol. The lowest BCUT2D eigenvalue weighted by Gasteiger charge is -1.88. The van der Waals surface area contributed by atoms with Gasteiger partial charge in [-0.2, -0.15) is 0 Å². The Morgan fingerprint density at radius 3 is 2.58 bits per heavy atom. The maximum atomic E-state index is 12.8. The number of rotatable bonds is 0. The molecule has 0 saturated carbocycles. The molecule has 1 aromatic carbocycles. The summed E-state index contributed by atoms with van der Waals surface area (Å²) in [5.74, 6) is -0.192. The van der Waals surface area contributed by atoms with Gasteiger partial charge >= 0.3 is 0 Å². The fourth-order valence-electron chi connectivity index (χ4n) is 1.05. The summed E-state index contributed by atoms with van der Waals surface area (Å²) in [6.45, 7) is 4.00. The summed E-state index contributed by atoms with van der Waals surface area (Å²) in [5.41, 5.74) is 0.586. The number of para-hydroxylation sites is 1. The van der Waals surface area contributed by atoms with Crippen LogP contribution < -0.4 is 0 Å². The summed E-state index contributed by atoms with van der Waals surface area (Å²) in [7, 11) is 0. The van der Waals surface area contributed by atoms with Crippen LogP contribution in [0.15, 0.2) is 30.5 Å². The van der Waals surface area contributed by atoms with Gasteiger partial charge in [-0.05, 0) is 12.1 Å². The Morgan fingerprint density at radius 2 is 1.92 bits per heavy atom. The van der Waals surface area contributed by atoms with E-state index in [1.165, 1.54) is 6.07 Å². The standard InChI is InChI=1S/C8H6FN.C2H6/c9-7-3-1-2-6-4-5-10-8(6)7;1-2/h1-5,10H;1-2H3. The van der Waals surface area contributed by atoms with Crippen molar-refractivity contribution in [3.8, 4) is 0 Å². The largest absolute Gasteiger partial charge is 0.359 e. The summed E-state index contributed by atoms with van der Waals surface area (Å²) in [6, 6.07) is 6.86. The second-order valence-corrected chi connectivity index (χ2v) is 2.18. The number of fused-ring (bicyclic) bond motifs is 1. The van der Waals surface area contributed by atoms with Gasteiger partial charge in [-0.1, -0.05) is 26.0 Å². The topological polar surface area (TPSA) is 15.8 Å². The van der Waals surface area contributed by atoms with E-state index < -0.39 is 0 Å². The van der Waals surface area contributed by atoms with Gasteiger partial charge in [0.05, 0.1) is 5.52 Å². The highest BCUT2D eigenvalue weighted by Crippen LogP contribution is 2.14. The third-order valence-electron chi connectivity index (χ3n) is 1.54. The molecule has 64 valence electrons. The molecule has 0 fully saturated rings. The van der Waals surface area contributed by atoms with Gasteiger partial charge in [-0.15, -0.1) is 0 Å². The van der Waals surface area contributed by atoms with Gasteiger partial charge in [0.1, 0.15) is 5.82 Å². The summed E-state index contributed by atoms with van der Waals surface area (Å²) >= 11 is 0. The molecule has 0 saturated heterocycles. The summed E-state index contributed by atoms with van der Waals surface area (Å²) in [5, 5.41) is 0.917. The number of H-pyrrole nitrogens is 1. The normalized spacial score (nSPS) is 9.25. The molecule has 0 atom stereocenters. The molecule has 1 N–H and O–H groups in total. The van der Waals surface area contributed by atoms with Gasteiger partial charge < -0.3 is 4.98 Å². The zero-order valence-electron chi connectivity index (χ0n) is 7.26. The maximum Gasteiger partial charge on any atom is 0.147 e. The maximum absolute atomic E-state index is 12.8. The lowest BCUT2D eigenvalue weighted by atomic mass is 10.2. The van der Waals surface area contributed by atoms with E-state index in [1.807, 2.05) is 26.0 Å². The molecule has 0 radical (unpaired) electrons. The van der Waals surface area contributed by atoms with Crippen molar-refractivity contribution in [1.82, 2.24) is 4.98 Å². The molecular weight excluding hydrogens is 153 g/mol. The number of halogens is 1. The van der Waals surface area contributed by atoms with E-state index in [0.717, 1.165) is 5.39 Å². The average Bonchev–Trinajstić information content (AvgIpc) is 2.57. The first-order valence-corrected chi connectivity index (χ1v) is 4.09. The molecule has 0 aliphatic carbocycles. The minimum Gasteiger partial charge on any atom is -0.359 e. The molecule has 0 aliphatic heterocycles. The van der Waals surface area contributed by atoms with E-state index in [1.54, 1.807) is 12.3 Å². The molecule has 1 heterocycles. The van der Waals surface area contributed by atoms with E-state index in [2.05, 4.69) is 4.98 Å². The van der Waals surface area contributed by atoms with Gasteiger partial charge in [0.2, 0.25) is 0 Å². The Labute approximate surface area is 71.2 Å². The number of hydrogen-bond acceptors (Lipinski definition) is 0. The number of benzene rings is 1. The van der Waals surface area contributed by atoms with E-state index >= 15 is 0 Å². The van der Waals surface area contributed by atoms with Crippen molar-refractivity contribution in [1.29, 1.82) is 0 Å². The molecule has 1 aromatic heterocycles. The van der Waals surface area contributed by atoms with Crippen molar-refractivity contribution in [3.63, 3.8) is 0 Å². The van der Waals surface area contributed by atoms with Gasteiger partial charge in [-0.3, -0.25) is 0 Å². The van der Waals surface area contributed by atoms with E-state index in [9.17, 15) is 4.39 Å². The van der Waals surface area contributed by atoms with Gasteiger partial charge in [-0.25, -0.2) is 4.39 Å². The van der Waals surface area contributed by atoms with Crippen LogP contribution in [0, 0.1) is 5.82 Å². The first-order chi connectivity index (χ1) is 5.88. The third kappa shape index (κ3) is 1.47. The van der Waals surface area contributed by atoms with Crippen LogP contribution in [0.4, 0.5) is 4.39 Å². The Balaban J connectivity index is 0.000000336. The Hall–Kier alpha value is -1.31. The predicted octanol–water partition coefficient (Wildman–Crippen LogP) is 3.33. The lowest BCUT2D eigenvalue weighted by molar-refractivity contribution is 0.637. The van der Waals surface area contributed by atoms with Crippen LogP contribution in [0.3, 0.4) is 0 Å². The molecule has 0 aliphatic rings. The number of nitrogens with one attached hydrogen (secondary N) is 1. The zero-order chi connectivity index (χ0) is 8.97. The summed E-state index contributed by atoms with van der Waals surface area (Å²) in [6.07, 6.45) is 1.73. The first kappa shape index (κ1) is 8.78. The van der Waals surface area contributed by atoms with Crippen LogP contribution in [0.5, 0.6) is 0 Å². The number of aromatic nitrogens is 1. The number of aromatic amines is 1. The first-order valence-electron chi connectivity index (χ1n) is 4.09. The van der Waals surface area contributed by atoms with E-state index in [-0.39, 0.29) is 5.82 Å². The van der Waals surface area contributed by atoms with Crippen molar-refractivity contribution < 1.29 is 4.39 Å². The molecule has 0 unspecified atom stereocenters. The SMILES string of the molecule is CC.Fc1cccc2cc[nH]c12. The van der Waals surface area contributed by atoms with Gasteiger partial charge in [0.25, 0.3) is 0 Å². The smallest absolute Gasteiger partial charge is 0.147 e. The highest BCUT2D eigenvalue weighted by molar-refractivity contribution is 5.79. The highest BCUT2D eigenvalue weighted by atomic mass is 19.1. The quantitative estimate of drug-likeness (QED) is 0.616. The fraction of sp³-hybridized carbons (Fsp3) is 0.200. The number of hydrogen-bond donors (Lipinski definition) is 1. The van der Waals surface area contributed by atoms with Crippen LogP contribution >= 0.6 is 0 Å². The molecule has 0 amide bonds. The summed E-state index contributed by atoms with van der Waals surface area (Å²) in [4.78, 5) is 2.81. The predicted molar refractivity (Wildman–Crippen MR) is 49.6 cm³/mol. The molecular formula is C10H12FN. The molecule has 0 bridgehead atoms. The fourth-order valence-corrected chi connectivity index (χ4v) is 1.05. The van der Waals surface area contributed by atoms with Crippen molar-refractivity contribution in [2.75, 3.05) is 0 Å². The Bertz CT molecular complexity index is 351. The van der Waals surface area contributed by atoms with Crippen molar-refractivity contribution in [3.05, 3.63) is 36.3 Å². The average molecular weight is 165 g/mol. The van der Waals surface area contributed by atoms with Crippen LogP contribution in [0.2, 0.25) is 0 Å². The summed E-state index contributed by atoms with van der Waals surface area (Å²) < 4.78 is 12.8. The minimum absolute atomic E-state index is 0.192. The van der Waals surface area contributed by atoms with Crippen molar-refractivity contribution in [2.24, 2.45) is 0 Å². The second kappa shape index (κ2) is 3.90. The van der Waals surface area contributed by atoms with Crippen LogP contribution in [0.1, 0.15) is 13.8 Å². The van der Waals surface area contributed by atoms with Crippen molar-refractivity contribution >= 4 is 10.9 Å². The van der Waals surface area contributed by atoms with Gasteiger partial charge in [0.15, 0.2) is 0 Å². The second-order valence-electron chi connectivity index (χ2n) is 2.18. The molecule has 2 heteroatoms. The minimum atomic E-state index is -0.192. The Kier molecular flexibility index (Phi) is 2.86. The zero-order valence-corrected chi connectivity index (χ0v) is 7.26. The molecule has 12 heavy (non-hydrogen) atoms. The molecule has 1 nitrogen and oxygen atoms in total. The van der Waals surface area contributed by atoms with Crippen LogP contribution in [0.25, 0.3) is 10.9 Å². The molecule has 2 rings (SSSR count). The third-order valence-corrected chi connectivity index (χ3v) is 1.54. The molecule has 2 aromatic rings. The van der Waals surface area contributed by atoms with Crippen molar-refractivity contribution in [2.45, 2.75) is 13.8 Å². The molecule has 0 spiro atoms. The highest BCUT2D eigenvalue weighted by Gasteiger charge is 1.97. The van der Waals surface area contributed by atoms with Crippen LogP contribution in [-0.4, -0.2) is 4.98 Å². The Morgan fingerprint density at radius 1 is 1.17 bits per heavy atom. The van der Waals surface area contributed by atoms with Crippen LogP contribution in [-0.2, 0) is 0 Å². The van der Waals surface area contributed by atoms with E-state index in [4.69, 9.17) is 0 Å².